The largest absolute Gasteiger partial charge is 0.445 e. The fraction of sp³-hybridized carbons (Fsp3) is 0.743. The fourth-order valence-electron chi connectivity index (χ4n) is 3.59. The topological polar surface area (TPSA) is 149 Å². The van der Waals surface area contributed by atoms with Crippen molar-refractivity contribution < 1.29 is 66.4 Å². The molecule has 0 aliphatic heterocycles. The normalized spacial score (nSPS) is 11.2. The molecular formula is C35H61NO14. The number of ether oxygens (including phenoxy) is 13. The number of hydrogen-bond donors (Lipinski definition) is 1. The van der Waals surface area contributed by atoms with Crippen LogP contribution in [0.25, 0.3) is 0 Å². The van der Waals surface area contributed by atoms with E-state index in [-0.39, 0.29) is 6.61 Å². The van der Waals surface area contributed by atoms with Gasteiger partial charge in [0, 0.05) is 6.54 Å². The van der Waals surface area contributed by atoms with Gasteiger partial charge >= 0.3 is 6.09 Å². The number of hydrogen-bond acceptors (Lipinski definition) is 14. The zero-order valence-corrected chi connectivity index (χ0v) is 29.8. The van der Waals surface area contributed by atoms with Crippen LogP contribution >= 0.6 is 0 Å². The molecule has 0 heterocycles. The highest BCUT2D eigenvalue weighted by atomic mass is 16.6. The van der Waals surface area contributed by atoms with E-state index in [1.807, 2.05) is 30.3 Å². The average molecular weight is 720 g/mol. The first kappa shape index (κ1) is 45.8. The molecule has 0 fully saturated rings. The summed E-state index contributed by atoms with van der Waals surface area (Å²) in [6, 6.07) is 9.50. The molecule has 15 nitrogen and oxygen atoms in total. The van der Waals surface area contributed by atoms with E-state index in [1.165, 1.54) is 0 Å². The van der Waals surface area contributed by atoms with E-state index in [0.717, 1.165) is 5.56 Å². The van der Waals surface area contributed by atoms with E-state index in [9.17, 15) is 4.79 Å². The minimum absolute atomic E-state index is 0.236. The first-order valence-electron chi connectivity index (χ1n) is 17.3. The molecule has 1 amide bonds. The second-order valence-electron chi connectivity index (χ2n) is 10.1. The van der Waals surface area contributed by atoms with Crippen LogP contribution in [0.3, 0.4) is 0 Å². The minimum atomic E-state index is -0.470. The lowest BCUT2D eigenvalue weighted by atomic mass is 10.2. The Bertz CT molecular complexity index is 839. The van der Waals surface area contributed by atoms with Crippen LogP contribution in [0.5, 0.6) is 0 Å². The maximum atomic E-state index is 11.6. The molecule has 0 radical (unpaired) electrons. The lowest BCUT2D eigenvalue weighted by Gasteiger charge is -2.09. The van der Waals surface area contributed by atoms with Crippen LogP contribution < -0.4 is 5.32 Å². The zero-order chi connectivity index (χ0) is 35.7. The van der Waals surface area contributed by atoms with Gasteiger partial charge in [0.2, 0.25) is 0 Å². The Morgan fingerprint density at radius 2 is 0.760 bits per heavy atom. The summed E-state index contributed by atoms with van der Waals surface area (Å²) in [5.74, 6) is 0. The first-order valence-corrected chi connectivity index (χ1v) is 17.3. The Hall–Kier alpha value is -2.25. The second-order valence-corrected chi connectivity index (χ2v) is 10.1. The number of rotatable bonds is 40. The lowest BCUT2D eigenvalue weighted by molar-refractivity contribution is -0.0281. The number of carbonyl (C=O) groups excluding carboxylic acids is 1. The number of carbonyl (C=O) groups is 1. The smallest absolute Gasteiger partial charge is 0.407 e. The monoisotopic (exact) mass is 719 g/mol. The summed E-state index contributed by atoms with van der Waals surface area (Å²) in [5, 5.41) is 2.64. The molecule has 0 atom stereocenters. The molecule has 50 heavy (non-hydrogen) atoms. The molecule has 0 bridgehead atoms. The van der Waals surface area contributed by atoms with Gasteiger partial charge in [0.25, 0.3) is 0 Å². The minimum Gasteiger partial charge on any atom is -0.445 e. The highest BCUT2D eigenvalue weighted by molar-refractivity contribution is 5.67. The maximum absolute atomic E-state index is 11.6. The number of amides is 1. The van der Waals surface area contributed by atoms with Crippen molar-refractivity contribution in [2.45, 2.75) is 6.61 Å². The Balaban J connectivity index is 1.63. The quantitative estimate of drug-likeness (QED) is 0.0781. The molecule has 1 rings (SSSR count). The molecule has 1 N–H and O–H groups in total. The molecule has 0 unspecified atom stereocenters. The summed E-state index contributed by atoms with van der Waals surface area (Å²) in [7, 11) is 0. The van der Waals surface area contributed by atoms with Gasteiger partial charge in [-0.1, -0.05) is 36.4 Å². The second kappa shape index (κ2) is 39.5. The van der Waals surface area contributed by atoms with Crippen LogP contribution in [0.2, 0.25) is 0 Å². The Kier molecular flexibility index (Phi) is 36.2. The van der Waals surface area contributed by atoms with E-state index in [4.69, 9.17) is 61.6 Å². The molecule has 15 heteroatoms. The molecule has 1 aromatic carbocycles. The highest BCUT2D eigenvalue weighted by Gasteiger charge is 2.02. The van der Waals surface area contributed by atoms with Crippen LogP contribution in [0, 0.1) is 0 Å². The van der Waals surface area contributed by atoms with Gasteiger partial charge in [-0.15, -0.1) is 6.58 Å². The third kappa shape index (κ3) is 35.6. The molecule has 0 saturated carbocycles. The summed E-state index contributed by atoms with van der Waals surface area (Å²) < 4.78 is 70.3. The SMILES string of the molecule is C=CCOCCOCCOCCOCCOCCOCCOCCOCCOCCOCCOCCOCCNC(=O)OCc1ccccc1. The molecule has 0 aliphatic rings. The summed E-state index contributed by atoms with van der Waals surface area (Å²) >= 11 is 0. The van der Waals surface area contributed by atoms with E-state index >= 15 is 0 Å². The van der Waals surface area contributed by atoms with Crippen molar-refractivity contribution in [3.8, 4) is 0 Å². The van der Waals surface area contributed by atoms with Gasteiger partial charge in [-0.2, -0.15) is 0 Å². The van der Waals surface area contributed by atoms with Crippen molar-refractivity contribution in [3.05, 3.63) is 48.6 Å². The first-order chi connectivity index (χ1) is 24.8. The average Bonchev–Trinajstić information content (AvgIpc) is 3.14. The Morgan fingerprint density at radius 3 is 1.08 bits per heavy atom. The predicted molar refractivity (Wildman–Crippen MR) is 185 cm³/mol. The van der Waals surface area contributed by atoms with Crippen LogP contribution in [-0.4, -0.2) is 171 Å². The molecule has 1 aromatic rings. The van der Waals surface area contributed by atoms with Crippen molar-refractivity contribution in [3.63, 3.8) is 0 Å². The predicted octanol–water partition coefficient (Wildman–Crippen LogP) is 2.30. The van der Waals surface area contributed by atoms with Crippen molar-refractivity contribution in [1.29, 1.82) is 0 Å². The van der Waals surface area contributed by atoms with Gasteiger partial charge < -0.3 is 66.9 Å². The van der Waals surface area contributed by atoms with Crippen molar-refractivity contribution in [2.24, 2.45) is 0 Å². The summed E-state index contributed by atoms with van der Waals surface area (Å²) in [6.07, 6.45) is 1.24. The standard InChI is InChI=1S/C35H61NO14/c1-2-9-38-11-13-40-15-17-42-19-21-44-23-25-46-27-29-48-31-32-49-30-28-47-26-24-45-22-20-43-18-16-41-14-12-39-10-8-36-35(37)50-33-34-6-4-3-5-7-34/h2-7H,1,8-33H2,(H,36,37). The molecule has 0 saturated heterocycles. The number of alkyl carbamates (subject to hydrolysis) is 1. The van der Waals surface area contributed by atoms with Gasteiger partial charge in [-0.3, -0.25) is 0 Å². The zero-order valence-electron chi connectivity index (χ0n) is 29.8. The van der Waals surface area contributed by atoms with E-state index in [0.29, 0.717) is 165 Å². The fourth-order valence-corrected chi connectivity index (χ4v) is 3.59. The molecule has 290 valence electrons. The summed E-state index contributed by atoms with van der Waals surface area (Å²) in [6.45, 7) is 16.1. The third-order valence-corrected chi connectivity index (χ3v) is 6.06. The van der Waals surface area contributed by atoms with Gasteiger partial charge in [0.1, 0.15) is 6.61 Å². The van der Waals surface area contributed by atoms with Crippen LogP contribution in [-0.2, 0) is 68.2 Å². The van der Waals surface area contributed by atoms with Gasteiger partial charge in [0.15, 0.2) is 0 Å². The van der Waals surface area contributed by atoms with Gasteiger partial charge in [-0.25, -0.2) is 4.79 Å². The highest BCUT2D eigenvalue weighted by Crippen LogP contribution is 2.00. The summed E-state index contributed by atoms with van der Waals surface area (Å²) in [5.41, 5.74) is 0.937. The van der Waals surface area contributed by atoms with Crippen LogP contribution in [0.4, 0.5) is 4.79 Å². The third-order valence-electron chi connectivity index (χ3n) is 6.06. The number of benzene rings is 1. The van der Waals surface area contributed by atoms with E-state index in [2.05, 4.69) is 11.9 Å². The van der Waals surface area contributed by atoms with Crippen LogP contribution in [0.15, 0.2) is 43.0 Å². The lowest BCUT2D eigenvalue weighted by Crippen LogP contribution is -2.28. The number of nitrogens with one attached hydrogen (secondary N) is 1. The van der Waals surface area contributed by atoms with Crippen molar-refractivity contribution in [1.82, 2.24) is 5.32 Å². The van der Waals surface area contributed by atoms with Crippen molar-refractivity contribution in [2.75, 3.05) is 165 Å². The Labute approximate surface area is 298 Å². The van der Waals surface area contributed by atoms with Crippen LogP contribution in [0.1, 0.15) is 5.56 Å². The maximum Gasteiger partial charge on any atom is 0.407 e. The molecule has 0 spiro atoms. The van der Waals surface area contributed by atoms with Crippen molar-refractivity contribution >= 4 is 6.09 Å². The van der Waals surface area contributed by atoms with Gasteiger partial charge in [0.05, 0.1) is 159 Å². The summed E-state index contributed by atoms with van der Waals surface area (Å²) in [4.78, 5) is 11.6. The Morgan fingerprint density at radius 1 is 0.460 bits per heavy atom. The van der Waals surface area contributed by atoms with E-state index in [1.54, 1.807) is 6.08 Å². The molecule has 0 aromatic heterocycles. The molecular weight excluding hydrogens is 658 g/mol. The van der Waals surface area contributed by atoms with Gasteiger partial charge in [-0.05, 0) is 5.56 Å². The van der Waals surface area contributed by atoms with E-state index < -0.39 is 6.09 Å². The molecule has 0 aliphatic carbocycles.